The zero-order chi connectivity index (χ0) is 21.6. The molecule has 0 aliphatic carbocycles. The van der Waals surface area contributed by atoms with Gasteiger partial charge in [-0.25, -0.2) is 0 Å². The van der Waals surface area contributed by atoms with Crippen molar-refractivity contribution < 1.29 is 9.59 Å². The highest BCUT2D eigenvalue weighted by Crippen LogP contribution is 2.15. The second kappa shape index (κ2) is 9.73. The Morgan fingerprint density at radius 3 is 2.21 bits per heavy atom. The average Bonchev–Trinajstić information content (AvgIpc) is 2.63. The van der Waals surface area contributed by atoms with Gasteiger partial charge in [0, 0.05) is 18.5 Å². The normalized spacial score (nSPS) is 12.3. The van der Waals surface area contributed by atoms with E-state index < -0.39 is 6.04 Å². The van der Waals surface area contributed by atoms with Crippen LogP contribution in [0.3, 0.4) is 0 Å². The number of benzene rings is 2. The van der Waals surface area contributed by atoms with Crippen molar-refractivity contribution in [3.8, 4) is 0 Å². The summed E-state index contributed by atoms with van der Waals surface area (Å²) in [6, 6.07) is 15.8. The molecule has 156 valence electrons. The third-order valence-corrected chi connectivity index (χ3v) is 4.85. The van der Waals surface area contributed by atoms with Gasteiger partial charge in [0.05, 0.1) is 0 Å². The lowest BCUT2D eigenvalue weighted by molar-refractivity contribution is -0.141. The fourth-order valence-corrected chi connectivity index (χ4v) is 3.21. The van der Waals surface area contributed by atoms with Crippen molar-refractivity contribution in [2.75, 3.05) is 0 Å². The minimum atomic E-state index is -0.541. The lowest BCUT2D eigenvalue weighted by Gasteiger charge is -2.31. The number of hydrogen-bond donors (Lipinski definition) is 1. The minimum Gasteiger partial charge on any atom is -0.350 e. The molecule has 29 heavy (non-hydrogen) atoms. The molecule has 0 aliphatic rings. The third-order valence-electron chi connectivity index (χ3n) is 4.85. The van der Waals surface area contributed by atoms with Crippen molar-refractivity contribution in [1.82, 2.24) is 10.2 Å². The van der Waals surface area contributed by atoms with Crippen LogP contribution in [0, 0.1) is 13.8 Å². The molecule has 2 rings (SSSR count). The fraction of sp³-hybridized carbons (Fsp3) is 0.440. The Kier molecular flexibility index (Phi) is 7.60. The first-order valence-corrected chi connectivity index (χ1v) is 10.3. The Morgan fingerprint density at radius 2 is 1.62 bits per heavy atom. The maximum atomic E-state index is 13.1. The van der Waals surface area contributed by atoms with Crippen LogP contribution in [-0.2, 0) is 22.6 Å². The van der Waals surface area contributed by atoms with Gasteiger partial charge in [-0.2, -0.15) is 0 Å². The number of aryl methyl sites for hydroxylation is 3. The number of amides is 2. The van der Waals surface area contributed by atoms with E-state index in [1.165, 1.54) is 5.56 Å². The predicted molar refractivity (Wildman–Crippen MR) is 119 cm³/mol. The van der Waals surface area contributed by atoms with Crippen molar-refractivity contribution in [3.63, 3.8) is 0 Å². The van der Waals surface area contributed by atoms with Crippen molar-refractivity contribution >= 4 is 11.8 Å². The van der Waals surface area contributed by atoms with Gasteiger partial charge in [0.1, 0.15) is 6.04 Å². The van der Waals surface area contributed by atoms with Gasteiger partial charge in [-0.3, -0.25) is 9.59 Å². The van der Waals surface area contributed by atoms with Gasteiger partial charge in [0.25, 0.3) is 0 Å². The molecule has 1 atom stereocenters. The van der Waals surface area contributed by atoms with Crippen LogP contribution < -0.4 is 5.32 Å². The van der Waals surface area contributed by atoms with Crippen LogP contribution in [0.1, 0.15) is 56.4 Å². The van der Waals surface area contributed by atoms with Gasteiger partial charge >= 0.3 is 0 Å². The summed E-state index contributed by atoms with van der Waals surface area (Å²) in [5.74, 6) is -0.141. The first-order chi connectivity index (χ1) is 13.5. The first kappa shape index (κ1) is 22.7. The maximum absolute atomic E-state index is 13.1. The van der Waals surface area contributed by atoms with Crippen LogP contribution in [0.5, 0.6) is 0 Å². The lowest BCUT2D eigenvalue weighted by Crippen LogP contribution is -2.52. The molecule has 1 N–H and O–H groups in total. The maximum Gasteiger partial charge on any atom is 0.242 e. The highest BCUT2D eigenvalue weighted by atomic mass is 16.2. The Balaban J connectivity index is 2.16. The van der Waals surface area contributed by atoms with Crippen LogP contribution in [0.15, 0.2) is 48.5 Å². The standard InChI is InChI=1S/C25H34N2O2/c1-18-10-12-21(13-11-18)14-15-23(28)27(17-22-9-7-8-19(2)16-22)20(3)24(29)26-25(4,5)6/h7-13,16,20H,14-15,17H2,1-6H3,(H,26,29). The number of rotatable bonds is 7. The van der Waals surface area contributed by atoms with E-state index >= 15 is 0 Å². The predicted octanol–water partition coefficient (Wildman–Crippen LogP) is 4.57. The molecule has 0 radical (unpaired) electrons. The number of carbonyl (C=O) groups is 2. The second-order valence-electron chi connectivity index (χ2n) is 8.91. The average molecular weight is 395 g/mol. The van der Waals surface area contributed by atoms with Gasteiger partial charge < -0.3 is 10.2 Å². The smallest absolute Gasteiger partial charge is 0.242 e. The van der Waals surface area contributed by atoms with E-state index in [0.717, 1.165) is 16.7 Å². The molecule has 0 aromatic heterocycles. The molecule has 0 bridgehead atoms. The zero-order valence-electron chi connectivity index (χ0n) is 18.6. The van der Waals surface area contributed by atoms with Gasteiger partial charge in [0.15, 0.2) is 0 Å². The topological polar surface area (TPSA) is 49.4 Å². The Bertz CT molecular complexity index is 835. The molecular formula is C25H34N2O2. The molecule has 0 aliphatic heterocycles. The SMILES string of the molecule is Cc1ccc(CCC(=O)N(Cc2cccc(C)c2)C(C)C(=O)NC(C)(C)C)cc1. The summed E-state index contributed by atoms with van der Waals surface area (Å²) in [6.45, 7) is 12.1. The molecule has 1 unspecified atom stereocenters. The highest BCUT2D eigenvalue weighted by molar-refractivity contribution is 5.87. The van der Waals surface area contributed by atoms with Gasteiger partial charge in [-0.15, -0.1) is 0 Å². The summed E-state index contributed by atoms with van der Waals surface area (Å²) in [5.41, 5.74) is 4.16. The highest BCUT2D eigenvalue weighted by Gasteiger charge is 2.28. The zero-order valence-corrected chi connectivity index (χ0v) is 18.6. The summed E-state index contributed by atoms with van der Waals surface area (Å²) in [6.07, 6.45) is 1.04. The van der Waals surface area contributed by atoms with Crippen LogP contribution >= 0.6 is 0 Å². The van der Waals surface area contributed by atoms with E-state index in [0.29, 0.717) is 19.4 Å². The van der Waals surface area contributed by atoms with Crippen molar-refractivity contribution in [2.45, 2.75) is 72.5 Å². The van der Waals surface area contributed by atoms with Crippen LogP contribution in [0.4, 0.5) is 0 Å². The van der Waals surface area contributed by atoms with Crippen LogP contribution in [0.25, 0.3) is 0 Å². The Labute approximate surface area is 175 Å². The van der Waals surface area contributed by atoms with E-state index in [4.69, 9.17) is 0 Å². The van der Waals surface area contributed by atoms with Crippen LogP contribution in [-0.4, -0.2) is 28.3 Å². The fourth-order valence-electron chi connectivity index (χ4n) is 3.21. The Morgan fingerprint density at radius 1 is 0.966 bits per heavy atom. The molecule has 2 aromatic carbocycles. The molecular weight excluding hydrogens is 360 g/mol. The first-order valence-electron chi connectivity index (χ1n) is 10.3. The monoisotopic (exact) mass is 394 g/mol. The molecule has 2 aromatic rings. The van der Waals surface area contributed by atoms with E-state index in [-0.39, 0.29) is 17.4 Å². The molecule has 0 saturated heterocycles. The summed E-state index contributed by atoms with van der Waals surface area (Å²) in [4.78, 5) is 27.6. The molecule has 0 fully saturated rings. The minimum absolute atomic E-state index is 0.0105. The van der Waals surface area contributed by atoms with Crippen molar-refractivity contribution in [3.05, 3.63) is 70.8 Å². The van der Waals surface area contributed by atoms with Crippen molar-refractivity contribution in [2.24, 2.45) is 0 Å². The summed E-state index contributed by atoms with van der Waals surface area (Å²) < 4.78 is 0. The largest absolute Gasteiger partial charge is 0.350 e. The summed E-state index contributed by atoms with van der Waals surface area (Å²) in [5, 5.41) is 3.00. The van der Waals surface area contributed by atoms with E-state index in [2.05, 4.69) is 35.6 Å². The molecule has 4 heteroatoms. The van der Waals surface area contributed by atoms with Crippen LogP contribution in [0.2, 0.25) is 0 Å². The van der Waals surface area contributed by atoms with Gasteiger partial charge in [-0.05, 0) is 59.1 Å². The van der Waals surface area contributed by atoms with Gasteiger partial charge in [-0.1, -0.05) is 59.7 Å². The molecule has 0 heterocycles. The molecule has 0 saturated carbocycles. The Hall–Kier alpha value is -2.62. The molecule has 4 nitrogen and oxygen atoms in total. The summed E-state index contributed by atoms with van der Waals surface area (Å²) in [7, 11) is 0. The third kappa shape index (κ3) is 7.37. The quantitative estimate of drug-likeness (QED) is 0.748. The van der Waals surface area contributed by atoms with E-state index in [1.807, 2.05) is 52.8 Å². The number of nitrogens with zero attached hydrogens (tertiary/aromatic N) is 1. The van der Waals surface area contributed by atoms with Gasteiger partial charge in [0.2, 0.25) is 11.8 Å². The molecule has 0 spiro atoms. The number of carbonyl (C=O) groups excluding carboxylic acids is 2. The number of nitrogens with one attached hydrogen (secondary N) is 1. The molecule has 2 amide bonds. The van der Waals surface area contributed by atoms with E-state index in [9.17, 15) is 9.59 Å². The van der Waals surface area contributed by atoms with E-state index in [1.54, 1.807) is 11.8 Å². The number of hydrogen-bond acceptors (Lipinski definition) is 2. The second-order valence-corrected chi connectivity index (χ2v) is 8.91. The van der Waals surface area contributed by atoms with Crippen molar-refractivity contribution in [1.29, 1.82) is 0 Å². The summed E-state index contributed by atoms with van der Waals surface area (Å²) >= 11 is 0. The lowest BCUT2D eigenvalue weighted by atomic mass is 10.0.